The summed E-state index contributed by atoms with van der Waals surface area (Å²) in [7, 11) is 3.20. The average Bonchev–Trinajstić information content (AvgIpc) is 2.26. The highest BCUT2D eigenvalue weighted by Gasteiger charge is 2.31. The van der Waals surface area contributed by atoms with E-state index in [0.29, 0.717) is 17.9 Å². The maximum absolute atomic E-state index is 12.1. The van der Waals surface area contributed by atoms with Crippen LogP contribution in [0.15, 0.2) is 12.1 Å². The van der Waals surface area contributed by atoms with Crippen molar-refractivity contribution in [2.24, 2.45) is 5.41 Å². The van der Waals surface area contributed by atoms with E-state index in [4.69, 9.17) is 9.47 Å². The van der Waals surface area contributed by atoms with E-state index in [9.17, 15) is 4.79 Å². The summed E-state index contributed by atoms with van der Waals surface area (Å²) in [6.07, 6.45) is 1.49. The zero-order valence-corrected chi connectivity index (χ0v) is 10.8. The highest BCUT2D eigenvalue weighted by molar-refractivity contribution is 5.99. The molecule has 0 bridgehead atoms. The monoisotopic (exact) mass is 234 g/mol. The predicted octanol–water partition coefficient (Wildman–Crippen LogP) is 2.86. The number of carbonyl (C=O) groups is 1. The molecule has 0 radical (unpaired) electrons. The summed E-state index contributed by atoms with van der Waals surface area (Å²) in [5.74, 6) is 1.51. The number of ketones is 1. The van der Waals surface area contributed by atoms with Gasteiger partial charge in [0.15, 0.2) is 17.3 Å². The molecule has 0 saturated heterocycles. The lowest BCUT2D eigenvalue weighted by Crippen LogP contribution is -2.27. The number of ether oxygens (including phenoxy) is 2. The lowest BCUT2D eigenvalue weighted by Gasteiger charge is -2.30. The Morgan fingerprint density at radius 3 is 2.24 bits per heavy atom. The number of Topliss-reactive ketones (excluding diaryl/α,β-unsaturated/α-hetero) is 1. The second kappa shape index (κ2) is 4.06. The number of benzene rings is 1. The third-order valence-corrected chi connectivity index (χ3v) is 3.22. The molecule has 2 rings (SSSR count). The predicted molar refractivity (Wildman–Crippen MR) is 66.0 cm³/mol. The van der Waals surface area contributed by atoms with Crippen molar-refractivity contribution in [3.63, 3.8) is 0 Å². The molecule has 0 atom stereocenters. The standard InChI is InChI=1S/C14H18O3/c1-14(2)7-9-5-12(16-3)13(17-4)6-10(9)11(15)8-14/h5-6H,7-8H2,1-4H3. The molecule has 0 aromatic heterocycles. The maximum atomic E-state index is 12.1. The van der Waals surface area contributed by atoms with Gasteiger partial charge in [0, 0.05) is 12.0 Å². The third kappa shape index (κ3) is 2.14. The van der Waals surface area contributed by atoms with Crippen molar-refractivity contribution >= 4 is 5.78 Å². The molecular weight excluding hydrogens is 216 g/mol. The first kappa shape index (κ1) is 12.0. The largest absolute Gasteiger partial charge is 0.493 e. The molecule has 0 unspecified atom stereocenters. The van der Waals surface area contributed by atoms with Crippen LogP contribution in [0.25, 0.3) is 0 Å². The van der Waals surface area contributed by atoms with Crippen molar-refractivity contribution in [2.45, 2.75) is 26.7 Å². The van der Waals surface area contributed by atoms with Crippen LogP contribution in [0.1, 0.15) is 36.2 Å². The molecule has 0 saturated carbocycles. The Labute approximate surface area is 102 Å². The van der Waals surface area contributed by atoms with Crippen LogP contribution in [0, 0.1) is 5.41 Å². The van der Waals surface area contributed by atoms with Gasteiger partial charge in [-0.15, -0.1) is 0 Å². The van der Waals surface area contributed by atoms with Crippen LogP contribution >= 0.6 is 0 Å². The molecule has 1 aliphatic carbocycles. The molecule has 92 valence electrons. The highest BCUT2D eigenvalue weighted by Crippen LogP contribution is 2.39. The molecule has 3 nitrogen and oxygen atoms in total. The van der Waals surface area contributed by atoms with Crippen LogP contribution < -0.4 is 9.47 Å². The zero-order valence-electron chi connectivity index (χ0n) is 10.8. The second-order valence-corrected chi connectivity index (χ2v) is 5.31. The molecule has 0 heterocycles. The van der Waals surface area contributed by atoms with E-state index >= 15 is 0 Å². The molecule has 0 aliphatic heterocycles. The minimum atomic E-state index is 0.0314. The molecule has 17 heavy (non-hydrogen) atoms. The van der Waals surface area contributed by atoms with Crippen LogP contribution in [0.4, 0.5) is 0 Å². The molecule has 0 N–H and O–H groups in total. The van der Waals surface area contributed by atoms with E-state index in [1.807, 2.05) is 6.07 Å². The number of methoxy groups -OCH3 is 2. The van der Waals surface area contributed by atoms with E-state index in [-0.39, 0.29) is 11.2 Å². The quantitative estimate of drug-likeness (QED) is 0.789. The van der Waals surface area contributed by atoms with Crippen molar-refractivity contribution in [1.29, 1.82) is 0 Å². The summed E-state index contributed by atoms with van der Waals surface area (Å²) in [5.41, 5.74) is 1.87. The van der Waals surface area contributed by atoms with Gasteiger partial charge in [-0.3, -0.25) is 4.79 Å². The van der Waals surface area contributed by atoms with Gasteiger partial charge in [-0.05, 0) is 29.5 Å². The van der Waals surface area contributed by atoms with Gasteiger partial charge in [-0.2, -0.15) is 0 Å². The highest BCUT2D eigenvalue weighted by atomic mass is 16.5. The summed E-state index contributed by atoms with van der Waals surface area (Å²) in [6, 6.07) is 3.72. The molecule has 0 amide bonds. The van der Waals surface area contributed by atoms with Gasteiger partial charge in [0.25, 0.3) is 0 Å². The van der Waals surface area contributed by atoms with Gasteiger partial charge in [-0.1, -0.05) is 13.8 Å². The van der Waals surface area contributed by atoms with E-state index in [1.165, 1.54) is 0 Å². The van der Waals surface area contributed by atoms with Crippen molar-refractivity contribution in [1.82, 2.24) is 0 Å². The normalized spacial score (nSPS) is 17.5. The molecule has 1 aromatic rings. The van der Waals surface area contributed by atoms with Gasteiger partial charge in [0.1, 0.15) is 0 Å². The first-order chi connectivity index (χ1) is 7.96. The Morgan fingerprint density at radius 2 is 1.65 bits per heavy atom. The van der Waals surface area contributed by atoms with E-state index < -0.39 is 0 Å². The summed E-state index contributed by atoms with van der Waals surface area (Å²) in [4.78, 5) is 12.1. The van der Waals surface area contributed by atoms with Crippen molar-refractivity contribution in [2.75, 3.05) is 14.2 Å². The SMILES string of the molecule is COc1cc2c(cc1OC)C(=O)CC(C)(C)C2. The maximum Gasteiger partial charge on any atom is 0.163 e. The number of hydrogen-bond donors (Lipinski definition) is 0. The van der Waals surface area contributed by atoms with E-state index in [0.717, 1.165) is 17.5 Å². The Morgan fingerprint density at radius 1 is 1.06 bits per heavy atom. The number of carbonyl (C=O) groups excluding carboxylic acids is 1. The minimum Gasteiger partial charge on any atom is -0.493 e. The number of rotatable bonds is 2. The topological polar surface area (TPSA) is 35.5 Å². The van der Waals surface area contributed by atoms with E-state index in [2.05, 4.69) is 13.8 Å². The molecule has 1 aromatic carbocycles. The molecule has 1 aliphatic rings. The van der Waals surface area contributed by atoms with Gasteiger partial charge in [0.2, 0.25) is 0 Å². The Balaban J connectivity index is 2.53. The molecule has 0 fully saturated rings. The lowest BCUT2D eigenvalue weighted by molar-refractivity contribution is 0.0911. The summed E-state index contributed by atoms with van der Waals surface area (Å²) >= 11 is 0. The first-order valence-corrected chi connectivity index (χ1v) is 5.75. The van der Waals surface area contributed by atoms with Crippen LogP contribution in [-0.2, 0) is 6.42 Å². The summed E-state index contributed by atoms with van der Waals surface area (Å²) in [6.45, 7) is 4.23. The van der Waals surface area contributed by atoms with Crippen molar-refractivity contribution < 1.29 is 14.3 Å². The van der Waals surface area contributed by atoms with Crippen molar-refractivity contribution in [3.05, 3.63) is 23.3 Å². The van der Waals surface area contributed by atoms with E-state index in [1.54, 1.807) is 20.3 Å². The average molecular weight is 234 g/mol. The Hall–Kier alpha value is -1.51. The molecular formula is C14H18O3. The fourth-order valence-electron chi connectivity index (χ4n) is 2.43. The van der Waals surface area contributed by atoms with Gasteiger partial charge >= 0.3 is 0 Å². The minimum absolute atomic E-state index is 0.0314. The Bertz CT molecular complexity index is 461. The fourth-order valence-corrected chi connectivity index (χ4v) is 2.43. The van der Waals surface area contributed by atoms with Crippen LogP contribution in [-0.4, -0.2) is 20.0 Å². The summed E-state index contributed by atoms with van der Waals surface area (Å²) < 4.78 is 10.5. The van der Waals surface area contributed by atoms with Gasteiger partial charge in [-0.25, -0.2) is 0 Å². The molecule has 0 spiro atoms. The first-order valence-electron chi connectivity index (χ1n) is 5.75. The van der Waals surface area contributed by atoms with Crippen LogP contribution in [0.3, 0.4) is 0 Å². The van der Waals surface area contributed by atoms with Gasteiger partial charge in [0.05, 0.1) is 14.2 Å². The zero-order chi connectivity index (χ0) is 12.6. The van der Waals surface area contributed by atoms with Gasteiger partial charge < -0.3 is 9.47 Å². The third-order valence-electron chi connectivity index (χ3n) is 3.22. The van der Waals surface area contributed by atoms with Crippen molar-refractivity contribution in [3.8, 4) is 11.5 Å². The number of fused-ring (bicyclic) bond motifs is 1. The lowest BCUT2D eigenvalue weighted by atomic mass is 9.73. The summed E-state index contributed by atoms with van der Waals surface area (Å²) in [5, 5.41) is 0. The van der Waals surface area contributed by atoms with Crippen LogP contribution in [0.5, 0.6) is 11.5 Å². The molecule has 3 heteroatoms. The smallest absolute Gasteiger partial charge is 0.163 e. The number of hydrogen-bond acceptors (Lipinski definition) is 3. The second-order valence-electron chi connectivity index (χ2n) is 5.31. The fraction of sp³-hybridized carbons (Fsp3) is 0.500. The van der Waals surface area contributed by atoms with Crippen LogP contribution in [0.2, 0.25) is 0 Å². The Kier molecular flexibility index (Phi) is 2.86.